The summed E-state index contributed by atoms with van der Waals surface area (Å²) in [6, 6.07) is 11.2. The molecule has 2 rings (SSSR count). The van der Waals surface area contributed by atoms with Gasteiger partial charge in [0.05, 0.1) is 18.0 Å². The van der Waals surface area contributed by atoms with Gasteiger partial charge in [0, 0.05) is 13.0 Å². The molecule has 7 heteroatoms. The van der Waals surface area contributed by atoms with Crippen molar-refractivity contribution in [2.75, 3.05) is 17.1 Å². The van der Waals surface area contributed by atoms with Crippen molar-refractivity contribution in [3.63, 3.8) is 0 Å². The van der Waals surface area contributed by atoms with E-state index in [0.717, 1.165) is 11.8 Å². The first-order valence-corrected chi connectivity index (χ1v) is 11.0. The van der Waals surface area contributed by atoms with Gasteiger partial charge in [-0.3, -0.25) is 9.10 Å². The van der Waals surface area contributed by atoms with Crippen molar-refractivity contribution in [3.05, 3.63) is 65.0 Å². The zero-order valence-electron chi connectivity index (χ0n) is 16.7. The SMILES string of the molecule is Cc1ccc([C@@H](C)NC(=O)CCCN(c2ccc(F)cc2)S(C)(=O)=O)cc1C. The van der Waals surface area contributed by atoms with E-state index in [1.165, 1.54) is 39.7 Å². The fraction of sp³-hybridized carbons (Fsp3) is 0.381. The topological polar surface area (TPSA) is 66.5 Å². The van der Waals surface area contributed by atoms with E-state index in [1.807, 2.05) is 32.9 Å². The van der Waals surface area contributed by atoms with E-state index in [-0.39, 0.29) is 24.9 Å². The van der Waals surface area contributed by atoms with Crippen LogP contribution in [0.4, 0.5) is 10.1 Å². The minimum atomic E-state index is -3.52. The van der Waals surface area contributed by atoms with Crippen LogP contribution in [-0.2, 0) is 14.8 Å². The Morgan fingerprint density at radius 3 is 2.32 bits per heavy atom. The lowest BCUT2D eigenvalue weighted by atomic mass is 10.0. The molecule has 152 valence electrons. The molecule has 28 heavy (non-hydrogen) atoms. The van der Waals surface area contributed by atoms with Gasteiger partial charge >= 0.3 is 0 Å². The third-order valence-electron chi connectivity index (χ3n) is 4.69. The molecule has 0 heterocycles. The minimum absolute atomic E-state index is 0.130. The number of carbonyl (C=O) groups is 1. The molecule has 1 atom stereocenters. The van der Waals surface area contributed by atoms with Gasteiger partial charge in [0.25, 0.3) is 0 Å². The van der Waals surface area contributed by atoms with Crippen molar-refractivity contribution >= 4 is 21.6 Å². The van der Waals surface area contributed by atoms with Gasteiger partial charge in [0.15, 0.2) is 0 Å². The average Bonchev–Trinajstić information content (AvgIpc) is 2.61. The summed E-state index contributed by atoms with van der Waals surface area (Å²) in [5.74, 6) is -0.574. The molecule has 2 aromatic carbocycles. The van der Waals surface area contributed by atoms with E-state index < -0.39 is 15.8 Å². The van der Waals surface area contributed by atoms with Crippen LogP contribution < -0.4 is 9.62 Å². The number of rotatable bonds is 8. The van der Waals surface area contributed by atoms with Crippen LogP contribution >= 0.6 is 0 Å². The lowest BCUT2D eigenvalue weighted by Gasteiger charge is -2.22. The van der Waals surface area contributed by atoms with Crippen molar-refractivity contribution in [2.24, 2.45) is 0 Å². The number of sulfonamides is 1. The number of nitrogens with one attached hydrogen (secondary N) is 1. The quantitative estimate of drug-likeness (QED) is 0.724. The lowest BCUT2D eigenvalue weighted by Crippen LogP contribution is -2.32. The van der Waals surface area contributed by atoms with Crippen molar-refractivity contribution < 1.29 is 17.6 Å². The second kappa shape index (κ2) is 9.19. The van der Waals surface area contributed by atoms with Gasteiger partial charge in [0.1, 0.15) is 5.82 Å². The molecule has 0 spiro atoms. The summed E-state index contributed by atoms with van der Waals surface area (Å²) >= 11 is 0. The Bertz CT molecular complexity index is 927. The molecule has 0 radical (unpaired) electrons. The Labute approximate surface area is 166 Å². The van der Waals surface area contributed by atoms with Crippen LogP contribution in [0.3, 0.4) is 0 Å². The van der Waals surface area contributed by atoms with Crippen LogP contribution in [0.25, 0.3) is 0 Å². The summed E-state index contributed by atoms with van der Waals surface area (Å²) in [5.41, 5.74) is 3.78. The monoisotopic (exact) mass is 406 g/mol. The van der Waals surface area contributed by atoms with Crippen LogP contribution in [0.15, 0.2) is 42.5 Å². The predicted molar refractivity (Wildman–Crippen MR) is 110 cm³/mol. The highest BCUT2D eigenvalue weighted by Crippen LogP contribution is 2.19. The molecule has 1 N–H and O–H groups in total. The maximum absolute atomic E-state index is 13.1. The summed E-state index contributed by atoms with van der Waals surface area (Å²) in [6.07, 6.45) is 1.65. The van der Waals surface area contributed by atoms with Crippen LogP contribution in [-0.4, -0.2) is 27.1 Å². The lowest BCUT2D eigenvalue weighted by molar-refractivity contribution is -0.121. The van der Waals surface area contributed by atoms with Crippen molar-refractivity contribution in [1.29, 1.82) is 0 Å². The Kier molecular flexibility index (Phi) is 7.18. The molecule has 0 fully saturated rings. The van der Waals surface area contributed by atoms with Gasteiger partial charge in [-0.15, -0.1) is 0 Å². The highest BCUT2D eigenvalue weighted by atomic mass is 32.2. The number of amides is 1. The van der Waals surface area contributed by atoms with Gasteiger partial charge in [-0.25, -0.2) is 12.8 Å². The number of carbonyl (C=O) groups excluding carboxylic acids is 1. The van der Waals surface area contributed by atoms with Gasteiger partial charge in [-0.1, -0.05) is 18.2 Å². The first-order chi connectivity index (χ1) is 13.1. The predicted octanol–water partition coefficient (Wildman–Crippen LogP) is 3.87. The van der Waals surface area contributed by atoms with Gasteiger partial charge in [-0.2, -0.15) is 0 Å². The summed E-state index contributed by atoms with van der Waals surface area (Å²) in [4.78, 5) is 12.3. The average molecular weight is 407 g/mol. The molecule has 0 saturated carbocycles. The van der Waals surface area contributed by atoms with Crippen LogP contribution in [0.5, 0.6) is 0 Å². The Morgan fingerprint density at radius 2 is 1.75 bits per heavy atom. The smallest absolute Gasteiger partial charge is 0.232 e. The molecule has 0 aliphatic carbocycles. The second-order valence-corrected chi connectivity index (χ2v) is 8.95. The fourth-order valence-corrected chi connectivity index (χ4v) is 3.87. The van der Waals surface area contributed by atoms with Gasteiger partial charge < -0.3 is 5.32 Å². The molecule has 5 nitrogen and oxygen atoms in total. The number of benzene rings is 2. The number of hydrogen-bond donors (Lipinski definition) is 1. The van der Waals surface area contributed by atoms with E-state index in [4.69, 9.17) is 0 Å². The summed E-state index contributed by atoms with van der Waals surface area (Å²) in [7, 11) is -3.52. The maximum Gasteiger partial charge on any atom is 0.232 e. The summed E-state index contributed by atoms with van der Waals surface area (Å²) < 4.78 is 38.4. The highest BCUT2D eigenvalue weighted by Gasteiger charge is 2.18. The molecular formula is C21H27FN2O3S. The normalized spacial score (nSPS) is 12.5. The zero-order valence-corrected chi connectivity index (χ0v) is 17.5. The molecule has 0 aliphatic heterocycles. The number of hydrogen-bond acceptors (Lipinski definition) is 3. The highest BCUT2D eigenvalue weighted by molar-refractivity contribution is 7.92. The number of anilines is 1. The minimum Gasteiger partial charge on any atom is -0.350 e. The molecule has 0 bridgehead atoms. The van der Waals surface area contributed by atoms with E-state index in [9.17, 15) is 17.6 Å². The number of halogens is 1. The Morgan fingerprint density at radius 1 is 1.11 bits per heavy atom. The molecular weight excluding hydrogens is 379 g/mol. The van der Waals surface area contributed by atoms with Crippen molar-refractivity contribution in [2.45, 2.75) is 39.7 Å². The fourth-order valence-electron chi connectivity index (χ4n) is 2.91. The maximum atomic E-state index is 13.1. The molecule has 2 aromatic rings. The van der Waals surface area contributed by atoms with E-state index in [1.54, 1.807) is 0 Å². The van der Waals surface area contributed by atoms with Crippen LogP contribution in [0, 0.1) is 19.7 Å². The Balaban J connectivity index is 1.93. The van der Waals surface area contributed by atoms with E-state index in [2.05, 4.69) is 11.4 Å². The zero-order chi connectivity index (χ0) is 20.9. The molecule has 0 aliphatic rings. The Hall–Kier alpha value is -2.41. The van der Waals surface area contributed by atoms with Crippen molar-refractivity contribution in [1.82, 2.24) is 5.32 Å². The first-order valence-electron chi connectivity index (χ1n) is 9.17. The molecule has 0 unspecified atom stereocenters. The van der Waals surface area contributed by atoms with Gasteiger partial charge in [-0.05, 0) is 68.1 Å². The largest absolute Gasteiger partial charge is 0.350 e. The first kappa shape index (κ1) is 21.9. The second-order valence-electron chi connectivity index (χ2n) is 7.05. The third-order valence-corrected chi connectivity index (χ3v) is 5.88. The van der Waals surface area contributed by atoms with Crippen LogP contribution in [0.2, 0.25) is 0 Å². The number of aryl methyl sites for hydroxylation is 2. The van der Waals surface area contributed by atoms with E-state index >= 15 is 0 Å². The molecule has 1 amide bonds. The number of nitrogens with zero attached hydrogens (tertiary/aromatic N) is 1. The molecule has 0 aromatic heterocycles. The molecule has 0 saturated heterocycles. The summed E-state index contributed by atoms with van der Waals surface area (Å²) in [6.45, 7) is 6.14. The van der Waals surface area contributed by atoms with E-state index in [0.29, 0.717) is 12.1 Å². The summed E-state index contributed by atoms with van der Waals surface area (Å²) in [5, 5.41) is 2.95. The van der Waals surface area contributed by atoms with Gasteiger partial charge in [0.2, 0.25) is 15.9 Å². The third kappa shape index (κ3) is 6.05. The standard InChI is InChI=1S/C21H27FN2O3S/c1-15-7-8-18(14-16(15)2)17(3)23-21(25)6-5-13-24(28(4,26)27)20-11-9-19(22)10-12-20/h7-12,14,17H,5-6,13H2,1-4H3,(H,23,25)/t17-/m1/s1. The van der Waals surface area contributed by atoms with Crippen LogP contribution in [0.1, 0.15) is 42.5 Å². The van der Waals surface area contributed by atoms with Crippen molar-refractivity contribution in [3.8, 4) is 0 Å².